The van der Waals surface area contributed by atoms with E-state index < -0.39 is 0 Å². The van der Waals surface area contributed by atoms with E-state index in [2.05, 4.69) is 15.6 Å². The van der Waals surface area contributed by atoms with Crippen molar-refractivity contribution in [1.82, 2.24) is 0 Å². The van der Waals surface area contributed by atoms with E-state index in [1.807, 2.05) is 36.0 Å². The molecule has 0 bridgehead atoms. The highest BCUT2D eigenvalue weighted by molar-refractivity contribution is 8.15. The maximum Gasteiger partial charge on any atom is 0.221 e. The number of nitrogens with one attached hydrogen (secondary N) is 2. The number of carbonyl (C=O) groups excluding carboxylic acids is 1. The summed E-state index contributed by atoms with van der Waals surface area (Å²) in [5.41, 5.74) is 1.83. The standard InChI is InChI=1S/C14H17N3OS/c1-9(18)16-11-4-6-12(7-5-11)17-14-15-8-13(19-14)10-2-3-10/h4-7,10,13H,2-3,8H2,1H3,(H,15,17)(H,16,18). The molecule has 0 radical (unpaired) electrons. The molecule has 3 rings (SSSR count). The molecule has 1 fully saturated rings. The largest absolute Gasteiger partial charge is 0.335 e. The highest BCUT2D eigenvalue weighted by Crippen LogP contribution is 2.41. The Morgan fingerprint density at radius 1 is 1.26 bits per heavy atom. The predicted octanol–water partition coefficient (Wildman–Crippen LogP) is 2.94. The third kappa shape index (κ3) is 3.29. The van der Waals surface area contributed by atoms with Crippen LogP contribution in [0.4, 0.5) is 11.4 Å². The molecule has 0 saturated heterocycles. The Morgan fingerprint density at radius 2 is 1.95 bits per heavy atom. The molecule has 2 N–H and O–H groups in total. The summed E-state index contributed by atoms with van der Waals surface area (Å²) in [4.78, 5) is 15.5. The van der Waals surface area contributed by atoms with Gasteiger partial charge in [-0.25, -0.2) is 0 Å². The molecule has 2 aliphatic rings. The third-order valence-corrected chi connectivity index (χ3v) is 4.57. The molecule has 19 heavy (non-hydrogen) atoms. The van der Waals surface area contributed by atoms with E-state index in [0.717, 1.165) is 29.0 Å². The lowest BCUT2D eigenvalue weighted by molar-refractivity contribution is -0.114. The number of carbonyl (C=O) groups is 1. The van der Waals surface area contributed by atoms with Gasteiger partial charge in [-0.05, 0) is 43.0 Å². The van der Waals surface area contributed by atoms with Crippen molar-refractivity contribution in [2.24, 2.45) is 10.9 Å². The minimum atomic E-state index is -0.0521. The smallest absolute Gasteiger partial charge is 0.221 e. The Balaban J connectivity index is 1.56. The van der Waals surface area contributed by atoms with Gasteiger partial charge in [-0.15, -0.1) is 0 Å². The van der Waals surface area contributed by atoms with E-state index >= 15 is 0 Å². The van der Waals surface area contributed by atoms with Crippen LogP contribution in [0.25, 0.3) is 0 Å². The number of nitrogens with zero attached hydrogens (tertiary/aromatic N) is 1. The minimum Gasteiger partial charge on any atom is -0.335 e. The number of hydrogen-bond acceptors (Lipinski definition) is 4. The number of amides is 1. The predicted molar refractivity (Wildman–Crippen MR) is 80.8 cm³/mol. The fraction of sp³-hybridized carbons (Fsp3) is 0.429. The maximum absolute atomic E-state index is 10.9. The molecule has 0 aromatic heterocycles. The van der Waals surface area contributed by atoms with Crippen molar-refractivity contribution in [2.45, 2.75) is 25.0 Å². The Kier molecular flexibility index (Phi) is 3.46. The van der Waals surface area contributed by atoms with Crippen molar-refractivity contribution in [3.8, 4) is 0 Å². The van der Waals surface area contributed by atoms with Gasteiger partial charge < -0.3 is 10.6 Å². The van der Waals surface area contributed by atoms with Gasteiger partial charge in [-0.1, -0.05) is 11.8 Å². The number of amidine groups is 1. The zero-order chi connectivity index (χ0) is 13.2. The van der Waals surface area contributed by atoms with Crippen LogP contribution in [0.5, 0.6) is 0 Å². The van der Waals surface area contributed by atoms with Crippen molar-refractivity contribution < 1.29 is 4.79 Å². The van der Waals surface area contributed by atoms with Gasteiger partial charge in [0, 0.05) is 23.5 Å². The van der Waals surface area contributed by atoms with Gasteiger partial charge in [0.2, 0.25) is 5.91 Å². The first-order chi connectivity index (χ1) is 9.20. The monoisotopic (exact) mass is 275 g/mol. The van der Waals surface area contributed by atoms with Crippen molar-refractivity contribution in [1.29, 1.82) is 0 Å². The Bertz CT molecular complexity index is 508. The molecule has 4 nitrogen and oxygen atoms in total. The fourth-order valence-corrected chi connectivity index (χ4v) is 3.36. The molecular formula is C14H17N3OS. The van der Waals surface area contributed by atoms with E-state index in [-0.39, 0.29) is 5.91 Å². The quantitative estimate of drug-likeness (QED) is 0.891. The van der Waals surface area contributed by atoms with E-state index in [9.17, 15) is 4.79 Å². The summed E-state index contributed by atoms with van der Waals surface area (Å²) in [5.74, 6) is 0.832. The van der Waals surface area contributed by atoms with Crippen molar-refractivity contribution in [2.75, 3.05) is 17.2 Å². The summed E-state index contributed by atoms with van der Waals surface area (Å²) >= 11 is 1.86. The number of rotatable bonds is 3. The van der Waals surface area contributed by atoms with Crippen LogP contribution < -0.4 is 10.6 Å². The summed E-state index contributed by atoms with van der Waals surface area (Å²) in [6, 6.07) is 7.70. The molecular weight excluding hydrogens is 258 g/mol. The van der Waals surface area contributed by atoms with Crippen LogP contribution in [0.3, 0.4) is 0 Å². The first kappa shape index (κ1) is 12.5. The first-order valence-corrected chi connectivity index (χ1v) is 7.44. The summed E-state index contributed by atoms with van der Waals surface area (Å²) in [6.45, 7) is 2.45. The van der Waals surface area contributed by atoms with Crippen LogP contribution in [0.15, 0.2) is 29.3 Å². The molecule has 1 aliphatic heterocycles. The molecule has 1 heterocycles. The molecule has 1 saturated carbocycles. The van der Waals surface area contributed by atoms with E-state index in [4.69, 9.17) is 0 Å². The second kappa shape index (κ2) is 5.25. The van der Waals surface area contributed by atoms with Gasteiger partial charge in [-0.2, -0.15) is 0 Å². The maximum atomic E-state index is 10.9. The van der Waals surface area contributed by atoms with Gasteiger partial charge in [-0.3, -0.25) is 9.79 Å². The number of aliphatic imine (C=N–C) groups is 1. The summed E-state index contributed by atoms with van der Waals surface area (Å²) in [6.07, 6.45) is 2.73. The molecule has 0 spiro atoms. The van der Waals surface area contributed by atoms with Crippen LogP contribution in [0.2, 0.25) is 0 Å². The average molecular weight is 275 g/mol. The second-order valence-electron chi connectivity index (χ2n) is 5.02. The molecule has 1 amide bonds. The summed E-state index contributed by atoms with van der Waals surface area (Å²) in [7, 11) is 0. The number of hydrogen-bond donors (Lipinski definition) is 2. The topological polar surface area (TPSA) is 53.5 Å². The molecule has 100 valence electrons. The number of anilines is 2. The van der Waals surface area contributed by atoms with Crippen LogP contribution in [-0.2, 0) is 4.79 Å². The van der Waals surface area contributed by atoms with Crippen molar-refractivity contribution >= 4 is 34.2 Å². The molecule has 1 atom stereocenters. The Morgan fingerprint density at radius 3 is 2.58 bits per heavy atom. The van der Waals surface area contributed by atoms with Gasteiger partial charge in [0.25, 0.3) is 0 Å². The molecule has 1 aromatic rings. The lowest BCUT2D eigenvalue weighted by atomic mass is 10.3. The zero-order valence-corrected chi connectivity index (χ0v) is 11.7. The van der Waals surface area contributed by atoms with E-state index in [1.165, 1.54) is 19.8 Å². The Hall–Kier alpha value is -1.49. The van der Waals surface area contributed by atoms with Crippen LogP contribution in [0, 0.1) is 5.92 Å². The van der Waals surface area contributed by atoms with Crippen LogP contribution in [0.1, 0.15) is 19.8 Å². The molecule has 1 aromatic carbocycles. The second-order valence-corrected chi connectivity index (χ2v) is 6.25. The van der Waals surface area contributed by atoms with Crippen LogP contribution >= 0.6 is 11.8 Å². The van der Waals surface area contributed by atoms with Gasteiger partial charge in [0.05, 0.1) is 6.54 Å². The van der Waals surface area contributed by atoms with Crippen molar-refractivity contribution in [3.05, 3.63) is 24.3 Å². The number of benzene rings is 1. The highest BCUT2D eigenvalue weighted by Gasteiger charge is 2.35. The van der Waals surface area contributed by atoms with E-state index in [0.29, 0.717) is 5.25 Å². The lowest BCUT2D eigenvalue weighted by Gasteiger charge is -2.08. The average Bonchev–Trinajstić information content (AvgIpc) is 3.12. The normalized spacial score (nSPS) is 21.9. The number of thioether (sulfide) groups is 1. The fourth-order valence-electron chi connectivity index (χ4n) is 2.14. The lowest BCUT2D eigenvalue weighted by Crippen LogP contribution is -2.09. The summed E-state index contributed by atoms with van der Waals surface area (Å²) < 4.78 is 0. The van der Waals surface area contributed by atoms with Crippen LogP contribution in [-0.4, -0.2) is 22.9 Å². The zero-order valence-electron chi connectivity index (χ0n) is 10.8. The third-order valence-electron chi connectivity index (χ3n) is 3.28. The van der Waals surface area contributed by atoms with Gasteiger partial charge >= 0.3 is 0 Å². The first-order valence-electron chi connectivity index (χ1n) is 6.56. The summed E-state index contributed by atoms with van der Waals surface area (Å²) in [5, 5.41) is 7.79. The van der Waals surface area contributed by atoms with Gasteiger partial charge in [0.1, 0.15) is 0 Å². The minimum absolute atomic E-state index is 0.0521. The SMILES string of the molecule is CC(=O)Nc1ccc(NC2=NCC(C3CC3)S2)cc1. The van der Waals surface area contributed by atoms with E-state index in [1.54, 1.807) is 0 Å². The molecule has 5 heteroatoms. The molecule has 1 aliphatic carbocycles. The van der Waals surface area contributed by atoms with Gasteiger partial charge in [0.15, 0.2) is 5.17 Å². The molecule has 1 unspecified atom stereocenters. The Labute approximate surface area is 117 Å². The van der Waals surface area contributed by atoms with Crippen molar-refractivity contribution in [3.63, 3.8) is 0 Å². The highest BCUT2D eigenvalue weighted by atomic mass is 32.2.